The first kappa shape index (κ1) is 12.4. The summed E-state index contributed by atoms with van der Waals surface area (Å²) < 4.78 is 1.82. The lowest BCUT2D eigenvalue weighted by molar-refractivity contribution is 0.0931. The maximum Gasteiger partial charge on any atom is 0.268 e. The lowest BCUT2D eigenvalue weighted by atomic mass is 10.1. The van der Waals surface area contributed by atoms with Crippen molar-refractivity contribution >= 4 is 5.91 Å². The number of benzene rings is 1. The van der Waals surface area contributed by atoms with Gasteiger partial charge in [0.25, 0.3) is 5.91 Å². The smallest absolute Gasteiger partial charge is 0.268 e. The Kier molecular flexibility index (Phi) is 3.51. The predicted molar refractivity (Wildman–Crippen MR) is 72.5 cm³/mol. The van der Waals surface area contributed by atoms with Crippen molar-refractivity contribution in [1.82, 2.24) is 9.88 Å². The fourth-order valence-corrected chi connectivity index (χ4v) is 1.91. The van der Waals surface area contributed by atoms with Gasteiger partial charge in [-0.1, -0.05) is 29.8 Å². The number of hydrogen-bond donors (Lipinski definition) is 1. The Morgan fingerprint density at radius 3 is 2.44 bits per heavy atom. The van der Waals surface area contributed by atoms with Crippen LogP contribution >= 0.6 is 0 Å². The molecule has 0 spiro atoms. The molecule has 1 aromatic carbocycles. The summed E-state index contributed by atoms with van der Waals surface area (Å²) in [5, 5.41) is 3.00. The molecule has 1 amide bonds. The van der Waals surface area contributed by atoms with Gasteiger partial charge >= 0.3 is 0 Å². The number of nitrogens with zero attached hydrogens (tertiary/aromatic N) is 1. The molecule has 0 aliphatic carbocycles. The number of amides is 1. The molecule has 0 aliphatic rings. The molecule has 3 heteroatoms. The third-order valence-corrected chi connectivity index (χ3v) is 3.10. The van der Waals surface area contributed by atoms with Gasteiger partial charge in [-0.3, -0.25) is 4.79 Å². The lowest BCUT2D eigenvalue weighted by Crippen LogP contribution is -2.28. The molecule has 0 fully saturated rings. The monoisotopic (exact) mass is 242 g/mol. The van der Waals surface area contributed by atoms with E-state index >= 15 is 0 Å². The number of rotatable bonds is 3. The second-order valence-electron chi connectivity index (χ2n) is 4.61. The van der Waals surface area contributed by atoms with Gasteiger partial charge < -0.3 is 9.88 Å². The molecule has 3 nitrogen and oxygen atoms in total. The summed E-state index contributed by atoms with van der Waals surface area (Å²) in [6.07, 6.45) is 1.87. The van der Waals surface area contributed by atoms with Gasteiger partial charge in [0, 0.05) is 13.2 Å². The highest BCUT2D eigenvalue weighted by Crippen LogP contribution is 2.14. The fourth-order valence-electron chi connectivity index (χ4n) is 1.91. The molecular formula is C15H18N2O. The van der Waals surface area contributed by atoms with E-state index < -0.39 is 0 Å². The lowest BCUT2D eigenvalue weighted by Gasteiger charge is -2.14. The Morgan fingerprint density at radius 2 is 1.89 bits per heavy atom. The van der Waals surface area contributed by atoms with Crippen LogP contribution in [0, 0.1) is 6.92 Å². The maximum absolute atomic E-state index is 12.0. The van der Waals surface area contributed by atoms with Crippen LogP contribution in [-0.4, -0.2) is 10.5 Å². The third kappa shape index (κ3) is 2.62. The molecule has 1 atom stereocenters. The van der Waals surface area contributed by atoms with Crippen molar-refractivity contribution in [1.29, 1.82) is 0 Å². The van der Waals surface area contributed by atoms with Gasteiger partial charge in [0.1, 0.15) is 5.69 Å². The van der Waals surface area contributed by atoms with E-state index in [9.17, 15) is 4.79 Å². The third-order valence-electron chi connectivity index (χ3n) is 3.10. The van der Waals surface area contributed by atoms with E-state index in [0.717, 1.165) is 5.56 Å². The number of carbonyl (C=O) groups excluding carboxylic acids is 1. The van der Waals surface area contributed by atoms with Crippen LogP contribution < -0.4 is 5.32 Å². The second kappa shape index (κ2) is 5.08. The van der Waals surface area contributed by atoms with E-state index in [1.165, 1.54) is 5.56 Å². The number of aryl methyl sites for hydroxylation is 2. The van der Waals surface area contributed by atoms with E-state index in [-0.39, 0.29) is 11.9 Å². The van der Waals surface area contributed by atoms with E-state index in [1.54, 1.807) is 0 Å². The van der Waals surface area contributed by atoms with Crippen LogP contribution in [0.3, 0.4) is 0 Å². The highest BCUT2D eigenvalue weighted by atomic mass is 16.2. The quantitative estimate of drug-likeness (QED) is 0.882. The summed E-state index contributed by atoms with van der Waals surface area (Å²) in [5.41, 5.74) is 3.01. The molecule has 1 N–H and O–H groups in total. The summed E-state index contributed by atoms with van der Waals surface area (Å²) in [7, 11) is 1.87. The first-order valence-corrected chi connectivity index (χ1v) is 6.06. The summed E-state index contributed by atoms with van der Waals surface area (Å²) >= 11 is 0. The molecule has 1 unspecified atom stereocenters. The van der Waals surface area contributed by atoms with Crippen molar-refractivity contribution in [3.05, 3.63) is 59.4 Å². The zero-order valence-corrected chi connectivity index (χ0v) is 11.0. The topological polar surface area (TPSA) is 34.0 Å². The van der Waals surface area contributed by atoms with Gasteiger partial charge in [0.05, 0.1) is 6.04 Å². The van der Waals surface area contributed by atoms with Crippen LogP contribution in [-0.2, 0) is 7.05 Å². The molecule has 0 radical (unpaired) electrons. The minimum Gasteiger partial charge on any atom is -0.347 e. The summed E-state index contributed by atoms with van der Waals surface area (Å²) in [6, 6.07) is 11.9. The predicted octanol–water partition coefficient (Wildman–Crippen LogP) is 2.82. The molecule has 0 saturated carbocycles. The van der Waals surface area contributed by atoms with Crippen molar-refractivity contribution in [2.45, 2.75) is 19.9 Å². The van der Waals surface area contributed by atoms with Crippen LogP contribution in [0.4, 0.5) is 0 Å². The average molecular weight is 242 g/mol. The molecule has 94 valence electrons. The Labute approximate surface area is 107 Å². The van der Waals surface area contributed by atoms with Gasteiger partial charge in [-0.2, -0.15) is 0 Å². The van der Waals surface area contributed by atoms with Crippen LogP contribution in [0.15, 0.2) is 42.6 Å². The Bertz CT molecular complexity index is 540. The summed E-state index contributed by atoms with van der Waals surface area (Å²) in [5.74, 6) is -0.0458. The van der Waals surface area contributed by atoms with E-state index in [0.29, 0.717) is 5.69 Å². The van der Waals surface area contributed by atoms with Crippen LogP contribution in [0.1, 0.15) is 34.6 Å². The maximum atomic E-state index is 12.0. The van der Waals surface area contributed by atoms with Crippen molar-refractivity contribution in [3.8, 4) is 0 Å². The van der Waals surface area contributed by atoms with Crippen molar-refractivity contribution in [3.63, 3.8) is 0 Å². The van der Waals surface area contributed by atoms with Crippen molar-refractivity contribution in [2.24, 2.45) is 7.05 Å². The number of carbonyl (C=O) groups is 1. The Balaban J connectivity index is 2.08. The normalized spacial score (nSPS) is 12.2. The highest BCUT2D eigenvalue weighted by molar-refractivity contribution is 5.92. The van der Waals surface area contributed by atoms with Gasteiger partial charge in [0.2, 0.25) is 0 Å². The molecule has 0 saturated heterocycles. The van der Waals surface area contributed by atoms with E-state index in [2.05, 4.69) is 24.4 Å². The van der Waals surface area contributed by atoms with E-state index in [4.69, 9.17) is 0 Å². The van der Waals surface area contributed by atoms with E-state index in [1.807, 2.05) is 49.0 Å². The first-order chi connectivity index (χ1) is 8.58. The Hall–Kier alpha value is -2.03. The number of aromatic nitrogens is 1. The van der Waals surface area contributed by atoms with Gasteiger partial charge in [0.15, 0.2) is 0 Å². The molecule has 1 aromatic heterocycles. The van der Waals surface area contributed by atoms with Crippen LogP contribution in [0.2, 0.25) is 0 Å². The molecule has 0 aliphatic heterocycles. The molecule has 2 aromatic rings. The minimum absolute atomic E-state index is 0.00741. The Morgan fingerprint density at radius 1 is 1.22 bits per heavy atom. The second-order valence-corrected chi connectivity index (χ2v) is 4.61. The summed E-state index contributed by atoms with van der Waals surface area (Å²) in [4.78, 5) is 12.0. The average Bonchev–Trinajstić information content (AvgIpc) is 2.76. The molecule has 2 rings (SSSR count). The highest BCUT2D eigenvalue weighted by Gasteiger charge is 2.13. The molecular weight excluding hydrogens is 224 g/mol. The molecule has 18 heavy (non-hydrogen) atoms. The number of hydrogen-bond acceptors (Lipinski definition) is 1. The zero-order chi connectivity index (χ0) is 13.1. The van der Waals surface area contributed by atoms with Gasteiger partial charge in [-0.25, -0.2) is 0 Å². The van der Waals surface area contributed by atoms with Crippen LogP contribution in [0.5, 0.6) is 0 Å². The standard InChI is InChI=1S/C15H18N2O/c1-11-6-8-13(9-7-11)12(2)16-15(18)14-5-4-10-17(14)3/h4-10,12H,1-3H3,(H,16,18). The number of nitrogens with one attached hydrogen (secondary N) is 1. The van der Waals surface area contributed by atoms with Crippen molar-refractivity contribution in [2.75, 3.05) is 0 Å². The molecule has 1 heterocycles. The summed E-state index contributed by atoms with van der Waals surface area (Å²) in [6.45, 7) is 4.04. The van der Waals surface area contributed by atoms with Crippen LogP contribution in [0.25, 0.3) is 0 Å². The first-order valence-electron chi connectivity index (χ1n) is 6.06. The SMILES string of the molecule is Cc1ccc(C(C)NC(=O)c2cccn2C)cc1. The van der Waals surface area contributed by atoms with Gasteiger partial charge in [-0.15, -0.1) is 0 Å². The van der Waals surface area contributed by atoms with Crippen molar-refractivity contribution < 1.29 is 4.79 Å². The molecule has 0 bridgehead atoms. The minimum atomic E-state index is -0.0458. The largest absolute Gasteiger partial charge is 0.347 e. The zero-order valence-electron chi connectivity index (χ0n) is 11.0. The van der Waals surface area contributed by atoms with Gasteiger partial charge in [-0.05, 0) is 31.5 Å². The fraction of sp³-hybridized carbons (Fsp3) is 0.267.